The van der Waals surface area contributed by atoms with Crippen molar-refractivity contribution in [3.63, 3.8) is 0 Å². The fraction of sp³-hybridized carbons (Fsp3) is 0.500. The minimum Gasteiger partial charge on any atom is -0.461 e. The number of aromatic nitrogens is 1. The van der Waals surface area contributed by atoms with Crippen LogP contribution in [0.3, 0.4) is 0 Å². The highest BCUT2D eigenvalue weighted by Gasteiger charge is 2.13. The van der Waals surface area contributed by atoms with Crippen molar-refractivity contribution in [1.82, 2.24) is 4.98 Å². The van der Waals surface area contributed by atoms with E-state index < -0.39 is 5.97 Å². The second kappa shape index (κ2) is 8.11. The Morgan fingerprint density at radius 1 is 1.44 bits per heavy atom. The highest BCUT2D eigenvalue weighted by molar-refractivity contribution is 6.33. The topological polar surface area (TPSA) is 39.2 Å². The number of esters is 1. The summed E-state index contributed by atoms with van der Waals surface area (Å²) in [5.74, 6) is -0.458. The monoisotopic (exact) mass is 243 g/mol. The number of hydrogen-bond donors (Lipinski definition) is 0. The molecular weight excluding hydrogens is 226 g/mol. The van der Waals surface area contributed by atoms with Gasteiger partial charge >= 0.3 is 5.97 Å². The molecule has 0 N–H and O–H groups in total. The largest absolute Gasteiger partial charge is 0.461 e. The normalized spacial score (nSPS) is 9.06. The molecule has 0 atom stereocenters. The first kappa shape index (κ1) is 14.9. The summed E-state index contributed by atoms with van der Waals surface area (Å²) in [5, 5.41) is 0.330. The molecule has 0 saturated carbocycles. The molecule has 3 nitrogen and oxygen atoms in total. The van der Waals surface area contributed by atoms with E-state index in [4.69, 9.17) is 16.3 Å². The van der Waals surface area contributed by atoms with Crippen LogP contribution in [-0.4, -0.2) is 17.6 Å². The highest BCUT2D eigenvalue weighted by atomic mass is 35.5. The second-order valence-corrected chi connectivity index (χ2v) is 3.33. The van der Waals surface area contributed by atoms with Crippen molar-refractivity contribution in [3.05, 3.63) is 28.5 Å². The molecule has 0 aliphatic heterocycles. The maximum atomic E-state index is 11.4. The molecule has 0 amide bonds. The molecule has 4 heteroatoms. The fourth-order valence-electron chi connectivity index (χ4n) is 0.946. The molecule has 0 aliphatic carbocycles. The molecule has 0 bridgehead atoms. The first-order chi connectivity index (χ1) is 7.65. The van der Waals surface area contributed by atoms with Gasteiger partial charge in [-0.25, -0.2) is 9.78 Å². The summed E-state index contributed by atoms with van der Waals surface area (Å²) in [6.45, 7) is 8.12. The van der Waals surface area contributed by atoms with E-state index in [2.05, 4.69) is 4.98 Å². The summed E-state index contributed by atoms with van der Waals surface area (Å²) < 4.78 is 4.93. The van der Waals surface area contributed by atoms with Gasteiger partial charge in [0.05, 0.1) is 11.6 Å². The van der Waals surface area contributed by atoms with Gasteiger partial charge in [0.15, 0.2) is 5.69 Å². The Balaban J connectivity index is 0.00000106. The SMILES string of the molecule is CC.CCCOC(=O)c1nc(C)ccc1Cl. The van der Waals surface area contributed by atoms with Crippen LogP contribution in [0.5, 0.6) is 0 Å². The Kier molecular flexibility index (Phi) is 7.56. The predicted molar refractivity (Wildman–Crippen MR) is 65.9 cm³/mol. The number of ether oxygens (including phenoxy) is 1. The lowest BCUT2D eigenvalue weighted by Gasteiger charge is -2.04. The van der Waals surface area contributed by atoms with Gasteiger partial charge in [-0.15, -0.1) is 0 Å². The molecule has 1 aromatic heterocycles. The lowest BCUT2D eigenvalue weighted by Crippen LogP contribution is -2.09. The standard InChI is InChI=1S/C10H12ClNO2.C2H6/c1-3-6-14-10(13)9-8(11)5-4-7(2)12-9;1-2/h4-5H,3,6H2,1-2H3;1-2H3. The summed E-state index contributed by atoms with van der Waals surface area (Å²) in [7, 11) is 0. The van der Waals surface area contributed by atoms with E-state index in [9.17, 15) is 4.79 Å². The van der Waals surface area contributed by atoms with E-state index in [1.807, 2.05) is 20.8 Å². The second-order valence-electron chi connectivity index (χ2n) is 2.92. The molecule has 0 fully saturated rings. The maximum Gasteiger partial charge on any atom is 0.358 e. The molecule has 1 heterocycles. The van der Waals surface area contributed by atoms with Gasteiger partial charge in [0.2, 0.25) is 0 Å². The lowest BCUT2D eigenvalue weighted by atomic mass is 10.3. The molecule has 0 unspecified atom stereocenters. The molecule has 16 heavy (non-hydrogen) atoms. The van der Waals surface area contributed by atoms with Crippen LogP contribution >= 0.6 is 11.6 Å². The first-order valence-corrected chi connectivity index (χ1v) is 5.83. The molecule has 1 rings (SSSR count). The summed E-state index contributed by atoms with van der Waals surface area (Å²) in [6, 6.07) is 3.39. The number of aryl methyl sites for hydroxylation is 1. The van der Waals surface area contributed by atoms with Crippen molar-refractivity contribution < 1.29 is 9.53 Å². The predicted octanol–water partition coefficient (Wildman–Crippen LogP) is 3.64. The van der Waals surface area contributed by atoms with E-state index in [-0.39, 0.29) is 5.69 Å². The molecule has 0 radical (unpaired) electrons. The van der Waals surface area contributed by atoms with Crippen molar-refractivity contribution in [2.24, 2.45) is 0 Å². The minimum absolute atomic E-state index is 0.195. The number of carbonyl (C=O) groups excluding carboxylic acids is 1. The number of hydrogen-bond acceptors (Lipinski definition) is 3. The Bertz CT molecular complexity index is 340. The third-order valence-corrected chi connectivity index (χ3v) is 1.92. The average molecular weight is 244 g/mol. The van der Waals surface area contributed by atoms with Crippen LogP contribution in [0, 0.1) is 6.92 Å². The smallest absolute Gasteiger partial charge is 0.358 e. The van der Waals surface area contributed by atoms with Gasteiger partial charge in [-0.1, -0.05) is 32.4 Å². The molecule has 0 spiro atoms. The van der Waals surface area contributed by atoms with Gasteiger partial charge in [0.1, 0.15) is 0 Å². The average Bonchev–Trinajstić information content (AvgIpc) is 2.31. The summed E-state index contributed by atoms with van der Waals surface area (Å²) >= 11 is 5.81. The number of nitrogens with zero attached hydrogens (tertiary/aromatic N) is 1. The van der Waals surface area contributed by atoms with Crippen LogP contribution in [0.15, 0.2) is 12.1 Å². The van der Waals surface area contributed by atoms with Crippen LogP contribution in [-0.2, 0) is 4.74 Å². The van der Waals surface area contributed by atoms with Gasteiger partial charge in [0.25, 0.3) is 0 Å². The third kappa shape index (κ3) is 4.62. The Morgan fingerprint density at radius 3 is 2.62 bits per heavy atom. The third-order valence-electron chi connectivity index (χ3n) is 1.62. The number of carbonyl (C=O) groups is 1. The van der Waals surface area contributed by atoms with Crippen molar-refractivity contribution in [3.8, 4) is 0 Å². The van der Waals surface area contributed by atoms with E-state index in [1.54, 1.807) is 19.1 Å². The Morgan fingerprint density at radius 2 is 2.06 bits per heavy atom. The number of halogens is 1. The van der Waals surface area contributed by atoms with Crippen molar-refractivity contribution in [2.45, 2.75) is 34.1 Å². The van der Waals surface area contributed by atoms with Gasteiger partial charge in [0, 0.05) is 5.69 Å². The fourth-order valence-corrected chi connectivity index (χ4v) is 1.13. The first-order valence-electron chi connectivity index (χ1n) is 5.45. The van der Waals surface area contributed by atoms with Gasteiger partial charge < -0.3 is 4.74 Å². The van der Waals surface area contributed by atoms with Crippen LogP contribution in [0.25, 0.3) is 0 Å². The zero-order valence-electron chi connectivity index (χ0n) is 10.2. The number of pyridine rings is 1. The van der Waals surface area contributed by atoms with Crippen LogP contribution < -0.4 is 0 Å². The summed E-state index contributed by atoms with van der Waals surface area (Å²) in [4.78, 5) is 15.4. The Hall–Kier alpha value is -1.09. The van der Waals surface area contributed by atoms with Crippen LogP contribution in [0.1, 0.15) is 43.4 Å². The van der Waals surface area contributed by atoms with E-state index in [1.165, 1.54) is 0 Å². The summed E-state index contributed by atoms with van der Waals surface area (Å²) in [5.41, 5.74) is 0.943. The van der Waals surface area contributed by atoms with E-state index in [0.717, 1.165) is 12.1 Å². The maximum absolute atomic E-state index is 11.4. The Labute approximate surface area is 102 Å². The molecule has 90 valence electrons. The van der Waals surface area contributed by atoms with Gasteiger partial charge in [-0.3, -0.25) is 0 Å². The quantitative estimate of drug-likeness (QED) is 0.761. The zero-order valence-corrected chi connectivity index (χ0v) is 11.0. The molecule has 0 saturated heterocycles. The van der Waals surface area contributed by atoms with Gasteiger partial charge in [-0.05, 0) is 25.5 Å². The summed E-state index contributed by atoms with van der Waals surface area (Å²) in [6.07, 6.45) is 0.787. The van der Waals surface area contributed by atoms with Crippen molar-refractivity contribution >= 4 is 17.6 Å². The minimum atomic E-state index is -0.458. The van der Waals surface area contributed by atoms with E-state index in [0.29, 0.717) is 11.6 Å². The lowest BCUT2D eigenvalue weighted by molar-refractivity contribution is 0.0498. The molecule has 0 aliphatic rings. The van der Waals surface area contributed by atoms with Crippen molar-refractivity contribution in [1.29, 1.82) is 0 Å². The van der Waals surface area contributed by atoms with Crippen LogP contribution in [0.2, 0.25) is 5.02 Å². The number of rotatable bonds is 3. The van der Waals surface area contributed by atoms with E-state index >= 15 is 0 Å². The molecular formula is C12H18ClNO2. The van der Waals surface area contributed by atoms with Gasteiger partial charge in [-0.2, -0.15) is 0 Å². The molecule has 1 aromatic rings. The molecule has 0 aromatic carbocycles. The van der Waals surface area contributed by atoms with Crippen molar-refractivity contribution in [2.75, 3.05) is 6.61 Å². The zero-order chi connectivity index (χ0) is 12.6. The highest BCUT2D eigenvalue weighted by Crippen LogP contribution is 2.14. The van der Waals surface area contributed by atoms with Crippen LogP contribution in [0.4, 0.5) is 0 Å².